The van der Waals surface area contributed by atoms with E-state index in [2.05, 4.69) is 15.1 Å². The molecule has 2 rings (SSSR count). The first-order valence-corrected chi connectivity index (χ1v) is 8.53. The number of likely N-dealkylation sites (N-methyl/N-ethyl adjacent to an activating group) is 2. The summed E-state index contributed by atoms with van der Waals surface area (Å²) in [7, 11) is 3.62. The lowest BCUT2D eigenvalue weighted by Crippen LogP contribution is -2.42. The van der Waals surface area contributed by atoms with Gasteiger partial charge in [-0.2, -0.15) is 0 Å². The molecular formula is C18H28FN3O2. The molecule has 1 heterocycles. The topological polar surface area (TPSA) is 55.8 Å². The molecule has 134 valence electrons. The highest BCUT2D eigenvalue weighted by atomic mass is 19.1. The van der Waals surface area contributed by atoms with E-state index >= 15 is 0 Å². The summed E-state index contributed by atoms with van der Waals surface area (Å²) in [5.74, 6) is 0.239. The van der Waals surface area contributed by atoms with Crippen LogP contribution in [0.2, 0.25) is 0 Å². The monoisotopic (exact) mass is 337 g/mol. The zero-order chi connectivity index (χ0) is 17.5. The molecule has 1 unspecified atom stereocenters. The molecule has 24 heavy (non-hydrogen) atoms. The van der Waals surface area contributed by atoms with E-state index < -0.39 is 6.10 Å². The quantitative estimate of drug-likeness (QED) is 0.786. The van der Waals surface area contributed by atoms with Crippen molar-refractivity contribution in [3.8, 4) is 0 Å². The SMILES string of the molecule is CNC(=O)CN1CCC(CN(C)CC(O)c2ccccc2F)CC1. The smallest absolute Gasteiger partial charge is 0.233 e. The van der Waals surface area contributed by atoms with Crippen LogP contribution in [-0.2, 0) is 4.79 Å². The van der Waals surface area contributed by atoms with E-state index in [1.807, 2.05) is 7.05 Å². The van der Waals surface area contributed by atoms with Gasteiger partial charge in [-0.1, -0.05) is 18.2 Å². The van der Waals surface area contributed by atoms with Crippen molar-refractivity contribution < 1.29 is 14.3 Å². The Morgan fingerprint density at radius 1 is 1.42 bits per heavy atom. The molecule has 0 radical (unpaired) electrons. The number of carbonyl (C=O) groups excluding carboxylic acids is 1. The third kappa shape index (κ3) is 5.54. The standard InChI is InChI=1S/C18H28FN3O2/c1-20-18(24)13-22-9-7-14(8-10-22)11-21(2)12-17(23)15-5-3-4-6-16(15)19/h3-6,14,17,23H,7-13H2,1-2H3,(H,20,24). The first-order chi connectivity index (χ1) is 11.5. The number of benzene rings is 1. The van der Waals surface area contributed by atoms with E-state index in [0.29, 0.717) is 24.6 Å². The number of rotatable bonds is 7. The Hall–Kier alpha value is -1.50. The molecule has 0 saturated carbocycles. The van der Waals surface area contributed by atoms with E-state index in [4.69, 9.17) is 0 Å². The molecule has 1 aliphatic rings. The normalized spacial score (nSPS) is 17.9. The maximum Gasteiger partial charge on any atom is 0.233 e. The molecule has 1 fully saturated rings. The Labute approximate surface area is 143 Å². The molecule has 0 aromatic heterocycles. The average molecular weight is 337 g/mol. The minimum atomic E-state index is -0.815. The van der Waals surface area contributed by atoms with Crippen LogP contribution in [0.1, 0.15) is 24.5 Å². The minimum absolute atomic E-state index is 0.0542. The zero-order valence-corrected chi connectivity index (χ0v) is 14.5. The number of nitrogens with zero attached hydrogens (tertiary/aromatic N) is 2. The summed E-state index contributed by atoms with van der Waals surface area (Å²) in [4.78, 5) is 15.6. The number of carbonyl (C=O) groups is 1. The van der Waals surface area contributed by atoms with Crippen LogP contribution in [0.15, 0.2) is 24.3 Å². The molecule has 1 amide bonds. The first-order valence-electron chi connectivity index (χ1n) is 8.53. The van der Waals surface area contributed by atoms with Gasteiger partial charge in [0.05, 0.1) is 12.6 Å². The van der Waals surface area contributed by atoms with Gasteiger partial charge < -0.3 is 15.3 Å². The van der Waals surface area contributed by atoms with Crippen molar-refractivity contribution in [2.45, 2.75) is 18.9 Å². The number of nitrogens with one attached hydrogen (secondary N) is 1. The largest absolute Gasteiger partial charge is 0.387 e. The summed E-state index contributed by atoms with van der Waals surface area (Å²) in [5.41, 5.74) is 0.352. The lowest BCUT2D eigenvalue weighted by Gasteiger charge is -2.33. The fraction of sp³-hybridized carbons (Fsp3) is 0.611. The van der Waals surface area contributed by atoms with E-state index in [1.165, 1.54) is 6.07 Å². The summed E-state index contributed by atoms with van der Waals surface area (Å²) >= 11 is 0. The number of hydrogen-bond acceptors (Lipinski definition) is 4. The predicted molar refractivity (Wildman–Crippen MR) is 92.1 cm³/mol. The van der Waals surface area contributed by atoms with Gasteiger partial charge in [-0.15, -0.1) is 0 Å². The van der Waals surface area contributed by atoms with Crippen LogP contribution >= 0.6 is 0 Å². The van der Waals surface area contributed by atoms with Crippen LogP contribution < -0.4 is 5.32 Å². The van der Waals surface area contributed by atoms with Gasteiger partial charge in [0, 0.05) is 25.7 Å². The maximum atomic E-state index is 13.7. The van der Waals surface area contributed by atoms with Crippen LogP contribution in [0, 0.1) is 11.7 Å². The third-order valence-corrected chi connectivity index (χ3v) is 4.67. The van der Waals surface area contributed by atoms with Gasteiger partial charge >= 0.3 is 0 Å². The Bertz CT molecular complexity index is 533. The molecule has 5 nitrogen and oxygen atoms in total. The molecule has 6 heteroatoms. The summed E-state index contributed by atoms with van der Waals surface area (Å²) in [5, 5.41) is 12.9. The molecule has 0 aliphatic carbocycles. The molecule has 1 aliphatic heterocycles. The van der Waals surface area contributed by atoms with E-state index in [-0.39, 0.29) is 11.7 Å². The Morgan fingerprint density at radius 2 is 2.08 bits per heavy atom. The van der Waals surface area contributed by atoms with Crippen molar-refractivity contribution >= 4 is 5.91 Å². The molecule has 1 aromatic rings. The van der Waals surface area contributed by atoms with Gasteiger partial charge in [-0.05, 0) is 45.0 Å². The number of amides is 1. The second kappa shape index (κ2) is 9.11. The van der Waals surface area contributed by atoms with Gasteiger partial charge in [0.2, 0.25) is 5.91 Å². The van der Waals surface area contributed by atoms with Gasteiger partial charge in [0.15, 0.2) is 0 Å². The van der Waals surface area contributed by atoms with E-state index in [1.54, 1.807) is 25.2 Å². The molecule has 0 spiro atoms. The number of hydrogen-bond donors (Lipinski definition) is 2. The van der Waals surface area contributed by atoms with Crippen LogP contribution in [-0.4, -0.2) is 67.6 Å². The van der Waals surface area contributed by atoms with Gasteiger partial charge in [0.25, 0.3) is 0 Å². The highest BCUT2D eigenvalue weighted by Crippen LogP contribution is 2.21. The molecular weight excluding hydrogens is 309 g/mol. The number of aliphatic hydroxyl groups excluding tert-OH is 1. The van der Waals surface area contributed by atoms with Crippen molar-refractivity contribution in [1.29, 1.82) is 0 Å². The van der Waals surface area contributed by atoms with Crippen molar-refractivity contribution in [2.75, 3.05) is 46.8 Å². The molecule has 1 saturated heterocycles. The fourth-order valence-electron chi connectivity index (χ4n) is 3.26. The van der Waals surface area contributed by atoms with Crippen molar-refractivity contribution in [3.05, 3.63) is 35.6 Å². The summed E-state index contributed by atoms with van der Waals surface area (Å²) in [6.07, 6.45) is 1.26. The second-order valence-corrected chi connectivity index (χ2v) is 6.65. The van der Waals surface area contributed by atoms with Gasteiger partial charge in [-0.3, -0.25) is 9.69 Å². The van der Waals surface area contributed by atoms with Crippen LogP contribution in [0.5, 0.6) is 0 Å². The second-order valence-electron chi connectivity index (χ2n) is 6.65. The Morgan fingerprint density at radius 3 is 2.71 bits per heavy atom. The summed E-state index contributed by atoms with van der Waals surface area (Å²) < 4.78 is 13.7. The third-order valence-electron chi connectivity index (χ3n) is 4.67. The summed E-state index contributed by atoms with van der Waals surface area (Å²) in [6, 6.07) is 6.37. The molecule has 0 bridgehead atoms. The highest BCUT2D eigenvalue weighted by molar-refractivity contribution is 5.77. The van der Waals surface area contributed by atoms with Crippen LogP contribution in [0.3, 0.4) is 0 Å². The zero-order valence-electron chi connectivity index (χ0n) is 14.5. The van der Waals surface area contributed by atoms with Gasteiger partial charge in [-0.25, -0.2) is 4.39 Å². The Balaban J connectivity index is 1.74. The fourth-order valence-corrected chi connectivity index (χ4v) is 3.26. The molecule has 1 atom stereocenters. The van der Waals surface area contributed by atoms with Crippen LogP contribution in [0.25, 0.3) is 0 Å². The van der Waals surface area contributed by atoms with Crippen molar-refractivity contribution in [3.63, 3.8) is 0 Å². The van der Waals surface area contributed by atoms with Gasteiger partial charge in [0.1, 0.15) is 5.82 Å². The highest BCUT2D eigenvalue weighted by Gasteiger charge is 2.23. The number of piperidine rings is 1. The summed E-state index contributed by atoms with van der Waals surface area (Å²) in [6.45, 7) is 3.59. The van der Waals surface area contributed by atoms with Crippen molar-refractivity contribution in [2.24, 2.45) is 5.92 Å². The minimum Gasteiger partial charge on any atom is -0.387 e. The number of aliphatic hydroxyl groups is 1. The van der Waals surface area contributed by atoms with Crippen LogP contribution in [0.4, 0.5) is 4.39 Å². The lowest BCUT2D eigenvalue weighted by atomic mass is 9.96. The lowest BCUT2D eigenvalue weighted by molar-refractivity contribution is -0.122. The number of halogens is 1. The van der Waals surface area contributed by atoms with Crippen molar-refractivity contribution in [1.82, 2.24) is 15.1 Å². The van der Waals surface area contributed by atoms with E-state index in [0.717, 1.165) is 32.5 Å². The first kappa shape index (κ1) is 18.8. The maximum absolute atomic E-state index is 13.7. The molecule has 2 N–H and O–H groups in total. The van der Waals surface area contributed by atoms with E-state index in [9.17, 15) is 14.3 Å². The Kier molecular flexibility index (Phi) is 7.15. The predicted octanol–water partition coefficient (Wildman–Crippen LogP) is 1.25. The average Bonchev–Trinajstić information content (AvgIpc) is 2.56. The number of likely N-dealkylation sites (tertiary alicyclic amines) is 1. The molecule has 1 aromatic carbocycles.